The number of rotatable bonds is 6. The van der Waals surface area contributed by atoms with Gasteiger partial charge in [-0.05, 0) is 58.7 Å². The van der Waals surface area contributed by atoms with E-state index in [-0.39, 0.29) is 0 Å². The zero-order valence-electron chi connectivity index (χ0n) is 30.2. The molecule has 262 valence electrons. The molecule has 0 aliphatic heterocycles. The summed E-state index contributed by atoms with van der Waals surface area (Å²) in [6.45, 7) is 0. The second-order valence-corrected chi connectivity index (χ2v) is 14.0. The lowest BCUT2D eigenvalue weighted by molar-refractivity contribution is 0.666. The van der Waals surface area contributed by atoms with Gasteiger partial charge >= 0.3 is 0 Å². The van der Waals surface area contributed by atoms with Crippen molar-refractivity contribution in [2.75, 3.05) is 0 Å². The van der Waals surface area contributed by atoms with Gasteiger partial charge in [0, 0.05) is 38.2 Å². The van der Waals surface area contributed by atoms with Crippen molar-refractivity contribution < 1.29 is 4.42 Å². The molecule has 56 heavy (non-hydrogen) atoms. The maximum absolute atomic E-state index is 7.06. The predicted octanol–water partition coefficient (Wildman–Crippen LogP) is 13.2. The van der Waals surface area contributed by atoms with E-state index in [1.807, 2.05) is 66.7 Å². The van der Waals surface area contributed by atoms with Crippen molar-refractivity contribution in [1.82, 2.24) is 19.5 Å². The average Bonchev–Trinajstić information content (AvgIpc) is 3.83. The Morgan fingerprint density at radius 3 is 1.55 bits per heavy atom. The number of fused-ring (bicyclic) bond motifs is 6. The van der Waals surface area contributed by atoms with Crippen molar-refractivity contribution in [3.8, 4) is 62.1 Å². The maximum atomic E-state index is 7.06. The maximum Gasteiger partial charge on any atom is 0.164 e. The van der Waals surface area contributed by atoms with Gasteiger partial charge in [0.25, 0.3) is 0 Å². The molecule has 0 atom stereocenters. The van der Waals surface area contributed by atoms with Crippen LogP contribution in [0.2, 0.25) is 0 Å². The highest BCUT2D eigenvalue weighted by atomic mass is 16.3. The molecule has 0 aliphatic rings. The Bertz CT molecular complexity index is 3170. The van der Waals surface area contributed by atoms with E-state index < -0.39 is 0 Å². The molecule has 0 unspecified atom stereocenters. The molecule has 0 amide bonds. The predicted molar refractivity (Wildman–Crippen MR) is 229 cm³/mol. The van der Waals surface area contributed by atoms with Gasteiger partial charge < -0.3 is 8.98 Å². The first-order chi connectivity index (χ1) is 27.8. The lowest BCUT2D eigenvalue weighted by atomic mass is 9.98. The smallest absolute Gasteiger partial charge is 0.164 e. The fourth-order valence-corrected chi connectivity index (χ4v) is 8.03. The van der Waals surface area contributed by atoms with E-state index in [4.69, 9.17) is 19.4 Å². The minimum Gasteiger partial charge on any atom is -0.454 e. The summed E-state index contributed by atoms with van der Waals surface area (Å²) in [4.78, 5) is 15.4. The van der Waals surface area contributed by atoms with Gasteiger partial charge in [-0.1, -0.05) is 158 Å². The average molecular weight is 717 g/mol. The molecule has 0 fully saturated rings. The summed E-state index contributed by atoms with van der Waals surface area (Å²) in [6, 6.07) is 67.3. The van der Waals surface area contributed by atoms with E-state index in [1.165, 1.54) is 21.9 Å². The number of aromatic nitrogens is 4. The van der Waals surface area contributed by atoms with E-state index in [9.17, 15) is 0 Å². The molecule has 3 aromatic heterocycles. The molecule has 5 nitrogen and oxygen atoms in total. The first-order valence-corrected chi connectivity index (χ1v) is 18.8. The molecule has 0 aliphatic carbocycles. The summed E-state index contributed by atoms with van der Waals surface area (Å²) in [5, 5.41) is 4.32. The lowest BCUT2D eigenvalue weighted by Crippen LogP contribution is -2.00. The Kier molecular flexibility index (Phi) is 7.42. The highest BCUT2D eigenvalue weighted by Crippen LogP contribution is 2.43. The normalized spacial score (nSPS) is 11.6. The highest BCUT2D eigenvalue weighted by molar-refractivity contribution is 6.17. The van der Waals surface area contributed by atoms with Crippen LogP contribution in [0.25, 0.3) is 106 Å². The van der Waals surface area contributed by atoms with Crippen LogP contribution in [0.15, 0.2) is 199 Å². The molecule has 11 aromatic rings. The molecule has 0 saturated heterocycles. The quantitative estimate of drug-likeness (QED) is 0.172. The Labute approximate surface area is 322 Å². The Balaban J connectivity index is 1.20. The molecule has 0 radical (unpaired) electrons. The van der Waals surface area contributed by atoms with Crippen molar-refractivity contribution in [2.45, 2.75) is 0 Å². The lowest BCUT2D eigenvalue weighted by Gasteiger charge is -2.11. The topological polar surface area (TPSA) is 56.7 Å². The molecule has 0 spiro atoms. The van der Waals surface area contributed by atoms with Crippen LogP contribution in [0, 0.1) is 0 Å². The van der Waals surface area contributed by atoms with Crippen molar-refractivity contribution in [2.24, 2.45) is 0 Å². The van der Waals surface area contributed by atoms with E-state index >= 15 is 0 Å². The second kappa shape index (κ2) is 13.0. The molecule has 0 saturated carbocycles. The van der Waals surface area contributed by atoms with Gasteiger partial charge in [-0.25, -0.2) is 15.0 Å². The van der Waals surface area contributed by atoms with Gasteiger partial charge in [0.2, 0.25) is 0 Å². The molecule has 5 heteroatoms. The van der Waals surface area contributed by atoms with Crippen LogP contribution in [0.3, 0.4) is 0 Å². The third kappa shape index (κ3) is 5.29. The van der Waals surface area contributed by atoms with Crippen LogP contribution in [-0.2, 0) is 0 Å². The molecule has 8 aromatic carbocycles. The van der Waals surface area contributed by atoms with E-state index in [0.29, 0.717) is 17.5 Å². The molecular formula is C51H32N4O. The van der Waals surface area contributed by atoms with Gasteiger partial charge in [-0.15, -0.1) is 0 Å². The van der Waals surface area contributed by atoms with E-state index in [0.717, 1.165) is 66.5 Å². The van der Waals surface area contributed by atoms with Gasteiger partial charge in [0.15, 0.2) is 23.1 Å². The highest BCUT2D eigenvalue weighted by Gasteiger charge is 2.23. The Morgan fingerprint density at radius 2 is 0.893 bits per heavy atom. The first-order valence-electron chi connectivity index (χ1n) is 18.8. The molecule has 11 rings (SSSR count). The molecule has 3 heterocycles. The summed E-state index contributed by atoms with van der Waals surface area (Å²) >= 11 is 0. The minimum absolute atomic E-state index is 0.582. The van der Waals surface area contributed by atoms with Gasteiger partial charge in [0.05, 0.1) is 16.7 Å². The fourth-order valence-electron chi connectivity index (χ4n) is 8.03. The molecular weight excluding hydrogens is 685 g/mol. The number of hydrogen-bond donors (Lipinski definition) is 0. The van der Waals surface area contributed by atoms with Crippen molar-refractivity contribution in [1.29, 1.82) is 0 Å². The molecule has 0 N–H and O–H groups in total. The van der Waals surface area contributed by atoms with Crippen LogP contribution in [0.4, 0.5) is 0 Å². The largest absolute Gasteiger partial charge is 0.454 e. The zero-order chi connectivity index (χ0) is 37.0. The van der Waals surface area contributed by atoms with Gasteiger partial charge in [-0.3, -0.25) is 0 Å². The Morgan fingerprint density at radius 1 is 0.357 bits per heavy atom. The third-order valence-electron chi connectivity index (χ3n) is 10.6. The minimum atomic E-state index is 0.582. The fraction of sp³-hybridized carbons (Fsp3) is 0. The van der Waals surface area contributed by atoms with Crippen LogP contribution in [0.5, 0.6) is 0 Å². The number of nitrogens with zero attached hydrogens (tertiary/aromatic N) is 4. The standard InChI is InChI=1S/C51H32N4O/c1-5-16-33(17-6-1)37-28-29-44-41(30-37)39-24-13-14-26-43(39)55(44)45-27-15-25-40-47-42(31-38(32-46(47)56-48(40)45)34-18-7-2-8-19-34)51-53-49(35-20-9-3-10-21-35)52-50(54-51)36-22-11-4-12-23-36/h1-32H. The Hall–Kier alpha value is -7.63. The summed E-state index contributed by atoms with van der Waals surface area (Å²) in [6.07, 6.45) is 0. The van der Waals surface area contributed by atoms with E-state index in [2.05, 4.69) is 132 Å². The first kappa shape index (κ1) is 31.9. The number of furan rings is 1. The van der Waals surface area contributed by atoms with Crippen molar-refractivity contribution in [3.63, 3.8) is 0 Å². The second-order valence-electron chi connectivity index (χ2n) is 14.0. The number of hydrogen-bond acceptors (Lipinski definition) is 4. The zero-order valence-corrected chi connectivity index (χ0v) is 30.2. The third-order valence-corrected chi connectivity index (χ3v) is 10.6. The summed E-state index contributed by atoms with van der Waals surface area (Å²) in [7, 11) is 0. The van der Waals surface area contributed by atoms with Gasteiger partial charge in [0.1, 0.15) is 5.58 Å². The number of benzene rings is 8. The summed E-state index contributed by atoms with van der Waals surface area (Å²) < 4.78 is 9.40. The number of para-hydroxylation sites is 2. The van der Waals surface area contributed by atoms with Crippen LogP contribution in [0.1, 0.15) is 0 Å². The van der Waals surface area contributed by atoms with Crippen molar-refractivity contribution in [3.05, 3.63) is 194 Å². The van der Waals surface area contributed by atoms with E-state index in [1.54, 1.807) is 0 Å². The summed E-state index contributed by atoms with van der Waals surface area (Å²) in [5.41, 5.74) is 11.9. The van der Waals surface area contributed by atoms with Crippen molar-refractivity contribution >= 4 is 43.7 Å². The SMILES string of the molecule is c1ccc(-c2cc(-c3nc(-c4ccccc4)nc(-c4ccccc4)n3)c3c(c2)oc2c(-n4c5ccccc5c5cc(-c6ccccc6)ccc54)cccc23)cc1. The van der Waals surface area contributed by atoms with Gasteiger partial charge in [-0.2, -0.15) is 0 Å². The van der Waals surface area contributed by atoms with Crippen LogP contribution < -0.4 is 0 Å². The molecule has 0 bridgehead atoms. The summed E-state index contributed by atoms with van der Waals surface area (Å²) in [5.74, 6) is 1.81. The van der Waals surface area contributed by atoms with Crippen LogP contribution in [-0.4, -0.2) is 19.5 Å². The monoisotopic (exact) mass is 716 g/mol. The van der Waals surface area contributed by atoms with Crippen LogP contribution >= 0.6 is 0 Å².